The average Bonchev–Trinajstić information content (AvgIpc) is 2.01. The molecule has 0 N–H and O–H groups in total. The number of benzene rings is 1. The number of halogens is 1. The van der Waals surface area contributed by atoms with Crippen LogP contribution in [0.2, 0.25) is 0 Å². The summed E-state index contributed by atoms with van der Waals surface area (Å²) in [4.78, 5) is 0. The van der Waals surface area contributed by atoms with Crippen molar-refractivity contribution in [1.29, 1.82) is 0 Å². The first-order valence-electron chi connectivity index (χ1n) is 4.93. The highest BCUT2D eigenvalue weighted by molar-refractivity contribution is 5.35. The van der Waals surface area contributed by atoms with E-state index in [-0.39, 0.29) is 11.2 Å². The first kappa shape index (κ1) is 11.2. The van der Waals surface area contributed by atoms with E-state index in [9.17, 15) is 4.39 Å². The van der Waals surface area contributed by atoms with E-state index in [1.165, 1.54) is 0 Å². The Morgan fingerprint density at radius 1 is 1.14 bits per heavy atom. The van der Waals surface area contributed by atoms with Crippen LogP contribution in [0.1, 0.15) is 45.7 Å². The van der Waals surface area contributed by atoms with Gasteiger partial charge in [-0.15, -0.1) is 0 Å². The fraction of sp³-hybridized carbons (Fsp3) is 0.462. The fourth-order valence-corrected chi connectivity index (χ4v) is 1.43. The van der Waals surface area contributed by atoms with Gasteiger partial charge < -0.3 is 0 Å². The highest BCUT2D eigenvalue weighted by Crippen LogP contribution is 2.27. The normalized spacial score (nSPS) is 12.2. The summed E-state index contributed by atoms with van der Waals surface area (Å²) in [6.07, 6.45) is 0. The molecule has 1 rings (SSSR count). The molecular formula is C13H18F. The van der Waals surface area contributed by atoms with E-state index in [0.29, 0.717) is 0 Å². The van der Waals surface area contributed by atoms with Crippen LogP contribution < -0.4 is 0 Å². The van der Waals surface area contributed by atoms with Gasteiger partial charge in [0.2, 0.25) is 0 Å². The van der Waals surface area contributed by atoms with Crippen molar-refractivity contribution < 1.29 is 4.39 Å². The second-order valence-electron chi connectivity index (χ2n) is 4.94. The molecule has 1 radical (unpaired) electrons. The summed E-state index contributed by atoms with van der Waals surface area (Å²) < 4.78 is 13.7. The van der Waals surface area contributed by atoms with Crippen molar-refractivity contribution in [3.8, 4) is 0 Å². The summed E-state index contributed by atoms with van der Waals surface area (Å²) in [6.45, 7) is 10.0. The molecule has 0 aromatic heterocycles. The zero-order chi connectivity index (χ0) is 10.9. The van der Waals surface area contributed by atoms with Gasteiger partial charge in [-0.05, 0) is 28.5 Å². The highest BCUT2D eigenvalue weighted by atomic mass is 19.1. The number of hydrogen-bond donors (Lipinski definition) is 0. The summed E-state index contributed by atoms with van der Waals surface area (Å²) in [5.74, 6) is 1.04. The lowest BCUT2D eigenvalue weighted by atomic mass is 9.85. The van der Waals surface area contributed by atoms with Gasteiger partial charge in [0.05, 0.1) is 0 Å². The smallest absolute Gasteiger partial charge is 0.127 e. The molecule has 77 valence electrons. The van der Waals surface area contributed by atoms with E-state index in [1.807, 2.05) is 46.8 Å². The minimum atomic E-state index is -0.121. The quantitative estimate of drug-likeness (QED) is 0.630. The molecule has 0 amide bonds. The lowest BCUT2D eigenvalue weighted by Gasteiger charge is -2.20. The first-order valence-corrected chi connectivity index (χ1v) is 4.93. The van der Waals surface area contributed by atoms with Gasteiger partial charge >= 0.3 is 0 Å². The minimum absolute atomic E-state index is 0.101. The molecule has 1 heteroatoms. The van der Waals surface area contributed by atoms with Gasteiger partial charge in [-0.25, -0.2) is 4.39 Å². The van der Waals surface area contributed by atoms with Gasteiger partial charge in [-0.1, -0.05) is 46.8 Å². The Labute approximate surface area is 86.2 Å². The summed E-state index contributed by atoms with van der Waals surface area (Å²) in [5.41, 5.74) is 1.64. The Bertz CT molecular complexity index is 318. The van der Waals surface area contributed by atoms with Crippen molar-refractivity contribution in [1.82, 2.24) is 0 Å². The highest BCUT2D eigenvalue weighted by Gasteiger charge is 2.18. The molecule has 14 heavy (non-hydrogen) atoms. The molecule has 1 aromatic rings. The van der Waals surface area contributed by atoms with Gasteiger partial charge in [0.15, 0.2) is 0 Å². The largest absolute Gasteiger partial charge is 0.207 e. The summed E-state index contributed by atoms with van der Waals surface area (Å²) in [7, 11) is 0. The molecule has 0 spiro atoms. The van der Waals surface area contributed by atoms with Crippen LogP contribution in [0.5, 0.6) is 0 Å². The Morgan fingerprint density at radius 2 is 1.71 bits per heavy atom. The molecule has 0 aliphatic carbocycles. The van der Waals surface area contributed by atoms with Gasteiger partial charge in [-0.2, -0.15) is 0 Å². The number of hydrogen-bond acceptors (Lipinski definition) is 0. The van der Waals surface area contributed by atoms with Crippen LogP contribution in [0, 0.1) is 11.7 Å². The molecule has 0 fully saturated rings. The van der Waals surface area contributed by atoms with Crippen LogP contribution in [0.15, 0.2) is 18.2 Å². The lowest BCUT2D eigenvalue weighted by molar-refractivity contribution is 0.522. The van der Waals surface area contributed by atoms with E-state index in [4.69, 9.17) is 0 Å². The summed E-state index contributed by atoms with van der Waals surface area (Å²) in [5, 5.41) is 0. The standard InChI is InChI=1S/C13H18F/c1-9(2)10-6-7-11(12(14)8-10)13(3,4)5/h6-8H,1-5H3. The third kappa shape index (κ3) is 2.34. The fourth-order valence-electron chi connectivity index (χ4n) is 1.43. The maximum atomic E-state index is 13.7. The third-order valence-electron chi connectivity index (χ3n) is 2.35. The average molecular weight is 193 g/mol. The van der Waals surface area contributed by atoms with Crippen LogP contribution in [-0.2, 0) is 5.41 Å². The Hall–Kier alpha value is -0.850. The van der Waals surface area contributed by atoms with Crippen LogP contribution >= 0.6 is 0 Å². The van der Waals surface area contributed by atoms with Gasteiger partial charge in [-0.3, -0.25) is 0 Å². The predicted octanol–water partition coefficient (Wildman–Crippen LogP) is 4.09. The van der Waals surface area contributed by atoms with Gasteiger partial charge in [0.1, 0.15) is 5.82 Å². The third-order valence-corrected chi connectivity index (χ3v) is 2.35. The van der Waals surface area contributed by atoms with Crippen molar-refractivity contribution >= 4 is 0 Å². The van der Waals surface area contributed by atoms with Crippen molar-refractivity contribution in [3.05, 3.63) is 41.1 Å². The first-order chi connectivity index (χ1) is 6.32. The number of rotatable bonds is 1. The molecule has 0 nitrogen and oxygen atoms in total. The zero-order valence-corrected chi connectivity index (χ0v) is 9.61. The monoisotopic (exact) mass is 193 g/mol. The van der Waals surface area contributed by atoms with Crippen LogP contribution in [0.3, 0.4) is 0 Å². The Balaban J connectivity index is 3.15. The van der Waals surface area contributed by atoms with Crippen LogP contribution in [0.25, 0.3) is 0 Å². The van der Waals surface area contributed by atoms with Crippen molar-refractivity contribution in [3.63, 3.8) is 0 Å². The molecule has 1 aromatic carbocycles. The maximum Gasteiger partial charge on any atom is 0.127 e. The van der Waals surface area contributed by atoms with E-state index in [2.05, 4.69) is 0 Å². The topological polar surface area (TPSA) is 0 Å². The second kappa shape index (κ2) is 3.72. The van der Waals surface area contributed by atoms with Crippen molar-refractivity contribution in [2.24, 2.45) is 0 Å². The molecular weight excluding hydrogens is 175 g/mol. The molecule has 0 atom stereocenters. The van der Waals surface area contributed by atoms with Crippen LogP contribution in [-0.4, -0.2) is 0 Å². The minimum Gasteiger partial charge on any atom is -0.207 e. The van der Waals surface area contributed by atoms with Crippen LogP contribution in [0.4, 0.5) is 4.39 Å². The summed E-state index contributed by atoms with van der Waals surface area (Å²) in [6, 6.07) is 5.49. The van der Waals surface area contributed by atoms with E-state index in [0.717, 1.165) is 17.0 Å². The van der Waals surface area contributed by atoms with Gasteiger partial charge in [0, 0.05) is 0 Å². The molecule has 0 bridgehead atoms. The van der Waals surface area contributed by atoms with Gasteiger partial charge in [0.25, 0.3) is 0 Å². The Morgan fingerprint density at radius 3 is 2.07 bits per heavy atom. The van der Waals surface area contributed by atoms with E-state index in [1.54, 1.807) is 6.07 Å². The molecule has 0 unspecified atom stereocenters. The zero-order valence-electron chi connectivity index (χ0n) is 9.61. The predicted molar refractivity (Wildman–Crippen MR) is 58.8 cm³/mol. The summed E-state index contributed by atoms with van der Waals surface area (Å²) >= 11 is 0. The van der Waals surface area contributed by atoms with Crippen molar-refractivity contribution in [2.75, 3.05) is 0 Å². The molecule has 0 saturated carbocycles. The molecule has 0 aliphatic heterocycles. The maximum absolute atomic E-state index is 13.7. The SMILES string of the molecule is C[C](C)c1ccc(C(C)(C)C)c(F)c1. The Kier molecular flexibility index (Phi) is 2.98. The van der Waals surface area contributed by atoms with E-state index >= 15 is 0 Å². The molecule has 0 aliphatic rings. The lowest BCUT2D eigenvalue weighted by Crippen LogP contribution is -2.13. The molecule has 0 heterocycles. The van der Waals surface area contributed by atoms with E-state index < -0.39 is 0 Å². The van der Waals surface area contributed by atoms with Crippen molar-refractivity contribution in [2.45, 2.75) is 40.0 Å². The molecule has 0 saturated heterocycles. The second-order valence-corrected chi connectivity index (χ2v) is 4.94.